The van der Waals surface area contributed by atoms with Gasteiger partial charge in [0.05, 0.1) is 28.6 Å². The molecule has 0 atom stereocenters. The van der Waals surface area contributed by atoms with Crippen molar-refractivity contribution in [3.8, 4) is 11.1 Å². The minimum atomic E-state index is -4.56. The SMILES string of the molecule is O=C(O)c1ccc(-c2ccc(Nc3cc4c(cc3C(F)(F)F)ncn4C34CC(C3)C4)nc2)cn1. The van der Waals surface area contributed by atoms with Gasteiger partial charge in [0, 0.05) is 29.1 Å². The molecule has 4 aromatic rings. The first-order chi connectivity index (χ1) is 16.2. The molecule has 3 saturated carbocycles. The number of anilines is 2. The Hall–Kier alpha value is -3.95. The molecule has 0 unspecified atom stereocenters. The van der Waals surface area contributed by atoms with Crippen LogP contribution in [0.2, 0.25) is 0 Å². The van der Waals surface area contributed by atoms with Crippen LogP contribution >= 0.6 is 0 Å². The Morgan fingerprint density at radius 1 is 1.03 bits per heavy atom. The van der Waals surface area contributed by atoms with E-state index in [-0.39, 0.29) is 22.7 Å². The topological polar surface area (TPSA) is 92.9 Å². The summed E-state index contributed by atoms with van der Waals surface area (Å²) in [6.45, 7) is 0. The lowest BCUT2D eigenvalue weighted by Gasteiger charge is -2.62. The molecule has 0 spiro atoms. The summed E-state index contributed by atoms with van der Waals surface area (Å²) in [5, 5.41) is 11.8. The maximum atomic E-state index is 13.8. The van der Waals surface area contributed by atoms with Crippen molar-refractivity contribution in [2.45, 2.75) is 31.0 Å². The van der Waals surface area contributed by atoms with Gasteiger partial charge in [-0.1, -0.05) is 6.07 Å². The third-order valence-electron chi connectivity index (χ3n) is 6.85. The van der Waals surface area contributed by atoms with Crippen LogP contribution in [-0.4, -0.2) is 30.6 Å². The highest BCUT2D eigenvalue weighted by Gasteiger charge is 2.58. The number of halogens is 3. The Bertz CT molecular complexity index is 1410. The Labute approximate surface area is 191 Å². The number of aromatic carboxylic acids is 1. The zero-order chi connectivity index (χ0) is 23.7. The van der Waals surface area contributed by atoms with Crippen molar-refractivity contribution in [1.29, 1.82) is 0 Å². The zero-order valence-electron chi connectivity index (χ0n) is 17.7. The first-order valence-corrected chi connectivity index (χ1v) is 10.7. The van der Waals surface area contributed by atoms with Crippen molar-refractivity contribution in [2.24, 2.45) is 5.92 Å². The molecule has 7 rings (SSSR count). The molecule has 7 nitrogen and oxygen atoms in total. The number of carboxylic acid groups (broad SMARTS) is 1. The summed E-state index contributed by atoms with van der Waals surface area (Å²) in [6.07, 6.45) is 3.15. The standard InChI is InChI=1S/C24H18F3N5O2/c25-24(26,27)16-5-19-20(32(12-30-19)23-7-13(8-23)9-23)6-18(16)31-21-4-2-15(11-29-21)14-1-3-17(22(33)34)28-10-14/h1-6,10-13H,7-9H2,(H,29,31)(H,33,34). The number of hydrogen-bond donors (Lipinski definition) is 2. The van der Waals surface area contributed by atoms with Gasteiger partial charge in [-0.15, -0.1) is 0 Å². The van der Waals surface area contributed by atoms with Gasteiger partial charge in [-0.3, -0.25) is 0 Å². The number of carbonyl (C=O) groups is 1. The van der Waals surface area contributed by atoms with Crippen LogP contribution in [0.25, 0.3) is 22.2 Å². The molecule has 2 bridgehead atoms. The molecule has 0 aliphatic heterocycles. The summed E-state index contributed by atoms with van der Waals surface area (Å²) < 4.78 is 43.5. The van der Waals surface area contributed by atoms with E-state index in [2.05, 4.69) is 20.3 Å². The second kappa shape index (κ2) is 7.02. The molecule has 34 heavy (non-hydrogen) atoms. The number of alkyl halides is 3. The number of nitrogens with one attached hydrogen (secondary N) is 1. The molecule has 3 fully saturated rings. The van der Waals surface area contributed by atoms with Crippen LogP contribution in [0.4, 0.5) is 24.7 Å². The van der Waals surface area contributed by atoms with Crippen molar-refractivity contribution >= 4 is 28.5 Å². The average molecular weight is 465 g/mol. The molecule has 3 heterocycles. The molecular weight excluding hydrogens is 447 g/mol. The van der Waals surface area contributed by atoms with Gasteiger partial charge in [0.15, 0.2) is 0 Å². The molecule has 0 amide bonds. The van der Waals surface area contributed by atoms with Crippen molar-refractivity contribution in [3.05, 3.63) is 66.4 Å². The summed E-state index contributed by atoms with van der Waals surface area (Å²) in [5.41, 5.74) is 1.33. The predicted molar refractivity (Wildman–Crippen MR) is 118 cm³/mol. The number of nitrogens with zero attached hydrogens (tertiary/aromatic N) is 4. The lowest BCUT2D eigenvalue weighted by atomic mass is 9.49. The summed E-state index contributed by atoms with van der Waals surface area (Å²) in [4.78, 5) is 23.3. The molecule has 3 aliphatic carbocycles. The van der Waals surface area contributed by atoms with E-state index in [0.29, 0.717) is 22.2 Å². The van der Waals surface area contributed by atoms with E-state index >= 15 is 0 Å². The number of imidazole rings is 1. The molecule has 10 heteroatoms. The van der Waals surface area contributed by atoms with E-state index in [1.54, 1.807) is 24.5 Å². The summed E-state index contributed by atoms with van der Waals surface area (Å²) in [6, 6.07) is 8.83. The second-order valence-electron chi connectivity index (χ2n) is 9.00. The lowest BCUT2D eigenvalue weighted by molar-refractivity contribution is -0.136. The van der Waals surface area contributed by atoms with E-state index in [4.69, 9.17) is 5.11 Å². The predicted octanol–water partition coefficient (Wildman–Crippen LogP) is 5.46. The van der Waals surface area contributed by atoms with E-state index < -0.39 is 17.7 Å². The molecule has 3 aliphatic rings. The molecule has 0 radical (unpaired) electrons. The Kier molecular flexibility index (Phi) is 4.26. The van der Waals surface area contributed by atoms with Crippen molar-refractivity contribution < 1.29 is 23.1 Å². The van der Waals surface area contributed by atoms with Crippen LogP contribution in [0.5, 0.6) is 0 Å². The second-order valence-corrected chi connectivity index (χ2v) is 9.00. The molecule has 3 aromatic heterocycles. The van der Waals surface area contributed by atoms with E-state index in [1.807, 2.05) is 4.57 Å². The fourth-order valence-corrected chi connectivity index (χ4v) is 4.97. The van der Waals surface area contributed by atoms with Crippen LogP contribution in [-0.2, 0) is 11.7 Å². The highest BCUT2D eigenvalue weighted by Crippen LogP contribution is 2.63. The van der Waals surface area contributed by atoms with Gasteiger partial charge in [-0.2, -0.15) is 13.2 Å². The zero-order valence-corrected chi connectivity index (χ0v) is 17.7. The summed E-state index contributed by atoms with van der Waals surface area (Å²) in [7, 11) is 0. The highest BCUT2D eigenvalue weighted by molar-refractivity contribution is 5.86. The molecule has 2 N–H and O–H groups in total. The Morgan fingerprint density at radius 3 is 2.26 bits per heavy atom. The van der Waals surface area contributed by atoms with E-state index in [1.165, 1.54) is 24.5 Å². The fraction of sp³-hybridized carbons (Fsp3) is 0.250. The maximum Gasteiger partial charge on any atom is 0.418 e. The van der Waals surface area contributed by atoms with Gasteiger partial charge < -0.3 is 15.0 Å². The Balaban J connectivity index is 1.33. The highest BCUT2D eigenvalue weighted by atomic mass is 19.4. The molecule has 0 saturated heterocycles. The first kappa shape index (κ1) is 20.6. The number of carboxylic acids is 1. The minimum Gasteiger partial charge on any atom is -0.477 e. The van der Waals surface area contributed by atoms with Gasteiger partial charge in [0.1, 0.15) is 11.5 Å². The van der Waals surface area contributed by atoms with Crippen LogP contribution in [0, 0.1) is 5.92 Å². The lowest BCUT2D eigenvalue weighted by Crippen LogP contribution is -2.59. The van der Waals surface area contributed by atoms with Crippen LogP contribution in [0.3, 0.4) is 0 Å². The summed E-state index contributed by atoms with van der Waals surface area (Å²) in [5.74, 6) is -0.153. The number of rotatable bonds is 5. The molecular formula is C24H18F3N5O2. The monoisotopic (exact) mass is 465 g/mol. The van der Waals surface area contributed by atoms with Gasteiger partial charge in [0.25, 0.3) is 0 Å². The normalized spacial score (nSPS) is 21.1. The number of pyridine rings is 2. The smallest absolute Gasteiger partial charge is 0.418 e. The van der Waals surface area contributed by atoms with E-state index in [9.17, 15) is 18.0 Å². The van der Waals surface area contributed by atoms with E-state index in [0.717, 1.165) is 31.2 Å². The third-order valence-corrected chi connectivity index (χ3v) is 6.85. The number of aromatic nitrogens is 4. The van der Waals surface area contributed by atoms with Gasteiger partial charge in [0.2, 0.25) is 0 Å². The summed E-state index contributed by atoms with van der Waals surface area (Å²) >= 11 is 0. The number of fused-ring (bicyclic) bond motifs is 1. The largest absolute Gasteiger partial charge is 0.477 e. The van der Waals surface area contributed by atoms with Crippen LogP contribution in [0.15, 0.2) is 55.1 Å². The maximum absolute atomic E-state index is 13.8. The van der Waals surface area contributed by atoms with Crippen LogP contribution < -0.4 is 5.32 Å². The third kappa shape index (κ3) is 3.20. The number of benzene rings is 1. The minimum absolute atomic E-state index is 0.000553. The van der Waals surface area contributed by atoms with Gasteiger partial charge >= 0.3 is 12.1 Å². The molecule has 172 valence electrons. The van der Waals surface area contributed by atoms with Crippen molar-refractivity contribution in [2.75, 3.05) is 5.32 Å². The van der Waals surface area contributed by atoms with Crippen LogP contribution in [0.1, 0.15) is 35.3 Å². The quantitative estimate of drug-likeness (QED) is 0.406. The fourth-order valence-electron chi connectivity index (χ4n) is 4.97. The van der Waals surface area contributed by atoms with Crippen molar-refractivity contribution in [3.63, 3.8) is 0 Å². The first-order valence-electron chi connectivity index (χ1n) is 10.7. The molecule has 1 aromatic carbocycles. The van der Waals surface area contributed by atoms with Gasteiger partial charge in [-0.25, -0.2) is 19.7 Å². The number of hydrogen-bond acceptors (Lipinski definition) is 5. The van der Waals surface area contributed by atoms with Gasteiger partial charge in [-0.05, 0) is 55.5 Å². The van der Waals surface area contributed by atoms with Crippen molar-refractivity contribution in [1.82, 2.24) is 19.5 Å². The average Bonchev–Trinajstić information content (AvgIpc) is 3.14. The Morgan fingerprint density at radius 2 is 1.74 bits per heavy atom.